The zero-order valence-corrected chi connectivity index (χ0v) is 12.3. The molecular formula is C15H21BN2O3. The Morgan fingerprint density at radius 2 is 2.05 bits per heavy atom. The van der Waals surface area contributed by atoms with E-state index in [1.165, 1.54) is 0 Å². The van der Waals surface area contributed by atoms with Crippen molar-refractivity contribution in [1.29, 1.82) is 0 Å². The largest absolute Gasteiger partial charge is 0.479 e. The Morgan fingerprint density at radius 3 is 2.52 bits per heavy atom. The molecule has 0 saturated heterocycles. The van der Waals surface area contributed by atoms with Gasteiger partial charge < -0.3 is 21.1 Å². The lowest BCUT2D eigenvalue weighted by Crippen LogP contribution is -2.52. The molecule has 1 aromatic rings. The Kier molecular flexibility index (Phi) is 4.39. The Morgan fingerprint density at radius 1 is 1.43 bits per heavy atom. The lowest BCUT2D eigenvalue weighted by atomic mass is 9.73. The minimum absolute atomic E-state index is 0.0472. The van der Waals surface area contributed by atoms with Crippen molar-refractivity contribution in [3.63, 3.8) is 0 Å². The summed E-state index contributed by atoms with van der Waals surface area (Å²) in [5, 5.41) is 21.8. The summed E-state index contributed by atoms with van der Waals surface area (Å²) in [4.78, 5) is 12.1. The zero-order chi connectivity index (χ0) is 15.6. The van der Waals surface area contributed by atoms with Gasteiger partial charge in [0.05, 0.1) is 11.1 Å². The summed E-state index contributed by atoms with van der Waals surface area (Å²) in [6.07, 6.45) is 2.12. The molecule has 112 valence electrons. The van der Waals surface area contributed by atoms with Gasteiger partial charge in [-0.05, 0) is 29.9 Å². The molecule has 1 aromatic carbocycles. The number of nitrogens with one attached hydrogen (secondary N) is 1. The highest BCUT2D eigenvalue weighted by molar-refractivity contribution is 6.48. The van der Waals surface area contributed by atoms with Gasteiger partial charge in [0.1, 0.15) is 0 Å². The van der Waals surface area contributed by atoms with Gasteiger partial charge in [0.25, 0.3) is 5.91 Å². The Labute approximate surface area is 125 Å². The quantitative estimate of drug-likeness (QED) is 0.469. The van der Waals surface area contributed by atoms with Crippen LogP contribution in [0.3, 0.4) is 0 Å². The van der Waals surface area contributed by atoms with Crippen LogP contribution in [0, 0.1) is 11.8 Å². The molecule has 0 spiro atoms. The van der Waals surface area contributed by atoms with Crippen molar-refractivity contribution in [2.24, 2.45) is 17.6 Å². The molecule has 2 atom stereocenters. The first-order valence-electron chi connectivity index (χ1n) is 7.07. The van der Waals surface area contributed by atoms with Gasteiger partial charge in [-0.3, -0.25) is 4.79 Å². The van der Waals surface area contributed by atoms with E-state index in [-0.39, 0.29) is 17.5 Å². The Balaban J connectivity index is 2.09. The van der Waals surface area contributed by atoms with E-state index in [1.807, 2.05) is 44.2 Å². The van der Waals surface area contributed by atoms with Crippen molar-refractivity contribution in [2.45, 2.75) is 25.7 Å². The molecule has 0 unspecified atom stereocenters. The molecule has 21 heavy (non-hydrogen) atoms. The number of rotatable bonds is 5. The van der Waals surface area contributed by atoms with Gasteiger partial charge in [0, 0.05) is 0 Å². The van der Waals surface area contributed by atoms with Crippen LogP contribution in [0.2, 0.25) is 0 Å². The van der Waals surface area contributed by atoms with E-state index in [0.717, 1.165) is 5.56 Å². The number of nitrogens with two attached hydrogens (primary N) is 1. The third kappa shape index (κ3) is 3.28. The molecule has 1 amide bonds. The molecule has 0 bridgehead atoms. The van der Waals surface area contributed by atoms with Crippen molar-refractivity contribution in [1.82, 2.24) is 5.32 Å². The maximum Gasteiger partial charge on any atom is 0.479 e. The average molecular weight is 288 g/mol. The second kappa shape index (κ2) is 5.91. The van der Waals surface area contributed by atoms with Gasteiger partial charge in [0.2, 0.25) is 0 Å². The van der Waals surface area contributed by atoms with E-state index in [1.54, 1.807) is 6.08 Å². The second-order valence-corrected chi connectivity index (χ2v) is 5.93. The van der Waals surface area contributed by atoms with Crippen molar-refractivity contribution in [3.8, 4) is 0 Å². The highest BCUT2D eigenvalue weighted by atomic mass is 16.4. The van der Waals surface area contributed by atoms with E-state index in [0.29, 0.717) is 6.42 Å². The molecular weight excluding hydrogens is 267 g/mol. The molecule has 6 heteroatoms. The minimum atomic E-state index is -1.58. The first-order chi connectivity index (χ1) is 9.86. The number of hydrogen-bond donors (Lipinski definition) is 4. The monoisotopic (exact) mass is 288 g/mol. The molecule has 1 fully saturated rings. The van der Waals surface area contributed by atoms with Crippen molar-refractivity contribution < 1.29 is 14.8 Å². The zero-order valence-electron chi connectivity index (χ0n) is 12.3. The normalized spacial score (nSPS) is 24.8. The predicted molar refractivity (Wildman–Crippen MR) is 82.6 cm³/mol. The standard InChI is InChI=1S/C15H21BN2O3/c1-10(2)12-9-15(12,16(20)21)18-14(19)13(17)8-11-6-4-3-5-7-11/h3-8,10,12,20-21H,9,17H2,1-2H3,(H,18,19)/b13-8+/t12-,15+/m0/s1. The van der Waals surface area contributed by atoms with E-state index >= 15 is 0 Å². The second-order valence-electron chi connectivity index (χ2n) is 5.93. The predicted octanol–water partition coefficient (Wildman–Crippen LogP) is 0.529. The maximum atomic E-state index is 12.1. The van der Waals surface area contributed by atoms with E-state index in [9.17, 15) is 14.8 Å². The fraction of sp³-hybridized carbons (Fsp3) is 0.400. The lowest BCUT2D eigenvalue weighted by Gasteiger charge is -2.20. The highest BCUT2D eigenvalue weighted by Gasteiger charge is 2.63. The first-order valence-corrected chi connectivity index (χ1v) is 7.07. The topological polar surface area (TPSA) is 95.6 Å². The summed E-state index contributed by atoms with van der Waals surface area (Å²) in [5.41, 5.74) is 5.69. The van der Waals surface area contributed by atoms with Gasteiger partial charge in [-0.25, -0.2) is 0 Å². The maximum absolute atomic E-state index is 12.1. The van der Waals surface area contributed by atoms with E-state index in [2.05, 4.69) is 5.32 Å². The van der Waals surface area contributed by atoms with Gasteiger partial charge in [-0.15, -0.1) is 0 Å². The molecule has 5 N–H and O–H groups in total. The molecule has 0 heterocycles. The van der Waals surface area contributed by atoms with Crippen LogP contribution >= 0.6 is 0 Å². The number of amides is 1. The molecule has 0 aromatic heterocycles. The van der Waals surface area contributed by atoms with Crippen LogP contribution in [0.25, 0.3) is 6.08 Å². The van der Waals surface area contributed by atoms with Crippen molar-refractivity contribution in [3.05, 3.63) is 41.6 Å². The summed E-state index contributed by atoms with van der Waals surface area (Å²) >= 11 is 0. The third-order valence-electron chi connectivity index (χ3n) is 4.05. The van der Waals surface area contributed by atoms with Crippen molar-refractivity contribution >= 4 is 19.1 Å². The molecule has 0 aliphatic heterocycles. The minimum Gasteiger partial charge on any atom is -0.426 e. The summed E-state index contributed by atoms with van der Waals surface area (Å²) in [5.74, 6) is -0.174. The fourth-order valence-electron chi connectivity index (χ4n) is 2.72. The number of carbonyl (C=O) groups is 1. The van der Waals surface area contributed by atoms with Crippen LogP contribution in [0.4, 0.5) is 0 Å². The summed E-state index contributed by atoms with van der Waals surface area (Å²) in [6, 6.07) is 9.26. The van der Waals surface area contributed by atoms with Crippen LogP contribution < -0.4 is 11.1 Å². The highest BCUT2D eigenvalue weighted by Crippen LogP contribution is 2.49. The van der Waals surface area contributed by atoms with Crippen LogP contribution in [0.5, 0.6) is 0 Å². The van der Waals surface area contributed by atoms with E-state index in [4.69, 9.17) is 5.73 Å². The Bertz CT molecular complexity index is 545. The lowest BCUT2D eigenvalue weighted by molar-refractivity contribution is -0.118. The smallest absolute Gasteiger partial charge is 0.426 e. The number of benzene rings is 1. The Hall–Kier alpha value is -1.79. The van der Waals surface area contributed by atoms with E-state index < -0.39 is 18.5 Å². The fourth-order valence-corrected chi connectivity index (χ4v) is 2.72. The molecule has 1 saturated carbocycles. The van der Waals surface area contributed by atoms with Crippen LogP contribution in [-0.4, -0.2) is 28.5 Å². The van der Waals surface area contributed by atoms with Gasteiger partial charge >= 0.3 is 7.12 Å². The van der Waals surface area contributed by atoms with Crippen LogP contribution in [0.15, 0.2) is 36.0 Å². The summed E-state index contributed by atoms with van der Waals surface area (Å²) < 4.78 is 0. The van der Waals surface area contributed by atoms with Crippen LogP contribution in [-0.2, 0) is 4.79 Å². The molecule has 5 nitrogen and oxygen atoms in total. The summed E-state index contributed by atoms with van der Waals surface area (Å²) in [6.45, 7) is 3.98. The van der Waals surface area contributed by atoms with Crippen molar-refractivity contribution in [2.75, 3.05) is 0 Å². The van der Waals surface area contributed by atoms with Crippen LogP contribution in [0.1, 0.15) is 25.8 Å². The number of hydrogen-bond acceptors (Lipinski definition) is 4. The SMILES string of the molecule is CC(C)[C@@H]1C[C@]1(NC(=O)/C(N)=C\c1ccccc1)B(O)O. The first kappa shape index (κ1) is 15.6. The molecule has 2 rings (SSSR count). The van der Waals surface area contributed by atoms with Gasteiger partial charge in [-0.2, -0.15) is 0 Å². The number of carbonyl (C=O) groups excluding carboxylic acids is 1. The molecule has 1 aliphatic carbocycles. The summed E-state index contributed by atoms with van der Waals surface area (Å²) in [7, 11) is -1.58. The molecule has 1 aliphatic rings. The van der Waals surface area contributed by atoms with Gasteiger partial charge in [0.15, 0.2) is 0 Å². The average Bonchev–Trinajstić information content (AvgIpc) is 3.16. The van der Waals surface area contributed by atoms with Gasteiger partial charge in [-0.1, -0.05) is 44.2 Å². The third-order valence-corrected chi connectivity index (χ3v) is 4.05. The molecule has 0 radical (unpaired) electrons.